The molecule has 3 N–H and O–H groups in total. The second-order valence-electron chi connectivity index (χ2n) is 4.46. The summed E-state index contributed by atoms with van der Waals surface area (Å²) in [5.74, 6) is -1.63. The smallest absolute Gasteiger partial charge is 0.322 e. The predicted octanol–water partition coefficient (Wildman–Crippen LogP) is 0.0793. The van der Waals surface area contributed by atoms with E-state index in [1.54, 1.807) is 19.1 Å². The van der Waals surface area contributed by atoms with Gasteiger partial charge in [-0.25, -0.2) is 0 Å². The molecule has 1 aromatic carbocycles. The molecule has 0 radical (unpaired) electrons. The SMILES string of the molecule is Cc1ccc(OC(C)C(=O)NCC(=O)NCC(=O)O)cc1. The summed E-state index contributed by atoms with van der Waals surface area (Å²) in [7, 11) is 0. The van der Waals surface area contributed by atoms with E-state index in [0.29, 0.717) is 5.75 Å². The first-order valence-electron chi connectivity index (χ1n) is 6.38. The van der Waals surface area contributed by atoms with Crippen molar-refractivity contribution < 1.29 is 24.2 Å². The molecule has 1 rings (SSSR count). The van der Waals surface area contributed by atoms with Crippen LogP contribution in [0.3, 0.4) is 0 Å². The highest BCUT2D eigenvalue weighted by Crippen LogP contribution is 2.13. The van der Waals surface area contributed by atoms with Gasteiger partial charge in [-0.3, -0.25) is 14.4 Å². The molecule has 0 fully saturated rings. The summed E-state index contributed by atoms with van der Waals surface area (Å²) < 4.78 is 5.42. The Bertz CT molecular complexity index is 513. The van der Waals surface area contributed by atoms with E-state index in [4.69, 9.17) is 9.84 Å². The zero-order chi connectivity index (χ0) is 15.8. The van der Waals surface area contributed by atoms with Crippen molar-refractivity contribution in [1.82, 2.24) is 10.6 Å². The molecule has 1 aromatic rings. The van der Waals surface area contributed by atoms with Gasteiger partial charge in [-0.2, -0.15) is 0 Å². The minimum absolute atomic E-state index is 0.298. The Kier molecular flexibility index (Phi) is 6.19. The molecule has 1 unspecified atom stereocenters. The summed E-state index contributed by atoms with van der Waals surface area (Å²) in [5.41, 5.74) is 1.08. The van der Waals surface area contributed by atoms with Crippen molar-refractivity contribution in [1.29, 1.82) is 0 Å². The van der Waals surface area contributed by atoms with Crippen molar-refractivity contribution in [2.45, 2.75) is 20.0 Å². The lowest BCUT2D eigenvalue weighted by molar-refractivity contribution is -0.137. The number of hydrogen-bond acceptors (Lipinski definition) is 4. The molecule has 7 nitrogen and oxygen atoms in total. The third-order valence-electron chi connectivity index (χ3n) is 2.56. The lowest BCUT2D eigenvalue weighted by Crippen LogP contribution is -2.43. The quantitative estimate of drug-likeness (QED) is 0.660. The van der Waals surface area contributed by atoms with E-state index >= 15 is 0 Å². The topological polar surface area (TPSA) is 105 Å². The van der Waals surface area contributed by atoms with Crippen LogP contribution < -0.4 is 15.4 Å². The maximum atomic E-state index is 11.7. The highest BCUT2D eigenvalue weighted by atomic mass is 16.5. The monoisotopic (exact) mass is 294 g/mol. The first kappa shape index (κ1) is 16.5. The number of hydrogen-bond donors (Lipinski definition) is 3. The van der Waals surface area contributed by atoms with E-state index in [-0.39, 0.29) is 6.54 Å². The first-order chi connectivity index (χ1) is 9.88. The number of rotatable bonds is 7. The number of aryl methyl sites for hydroxylation is 1. The van der Waals surface area contributed by atoms with Crippen LogP contribution in [-0.2, 0) is 14.4 Å². The van der Waals surface area contributed by atoms with Crippen molar-refractivity contribution in [3.63, 3.8) is 0 Å². The summed E-state index contributed by atoms with van der Waals surface area (Å²) in [4.78, 5) is 33.2. The molecule has 114 valence electrons. The summed E-state index contributed by atoms with van der Waals surface area (Å²) in [6.07, 6.45) is -0.764. The number of aliphatic carboxylic acids is 1. The third-order valence-corrected chi connectivity index (χ3v) is 2.56. The van der Waals surface area contributed by atoms with Crippen LogP contribution >= 0.6 is 0 Å². The van der Waals surface area contributed by atoms with Crippen LogP contribution in [0.1, 0.15) is 12.5 Å². The second-order valence-corrected chi connectivity index (χ2v) is 4.46. The minimum Gasteiger partial charge on any atom is -0.481 e. The molecule has 2 amide bonds. The molecule has 0 aliphatic carbocycles. The van der Waals surface area contributed by atoms with Crippen molar-refractivity contribution >= 4 is 17.8 Å². The van der Waals surface area contributed by atoms with Crippen molar-refractivity contribution in [2.75, 3.05) is 13.1 Å². The van der Waals surface area contributed by atoms with E-state index < -0.39 is 30.4 Å². The first-order valence-corrected chi connectivity index (χ1v) is 6.38. The maximum Gasteiger partial charge on any atom is 0.322 e. The van der Waals surface area contributed by atoms with Crippen LogP contribution in [0.25, 0.3) is 0 Å². The average Bonchev–Trinajstić information content (AvgIpc) is 2.44. The van der Waals surface area contributed by atoms with Gasteiger partial charge in [0, 0.05) is 0 Å². The Morgan fingerprint density at radius 3 is 2.33 bits per heavy atom. The Morgan fingerprint density at radius 1 is 1.14 bits per heavy atom. The van der Waals surface area contributed by atoms with Crippen LogP contribution in [-0.4, -0.2) is 42.1 Å². The Morgan fingerprint density at radius 2 is 1.76 bits per heavy atom. The van der Waals surface area contributed by atoms with E-state index in [9.17, 15) is 14.4 Å². The fraction of sp³-hybridized carbons (Fsp3) is 0.357. The molecule has 1 atom stereocenters. The number of amides is 2. The van der Waals surface area contributed by atoms with E-state index in [1.807, 2.05) is 19.1 Å². The van der Waals surface area contributed by atoms with Crippen LogP contribution in [0.2, 0.25) is 0 Å². The van der Waals surface area contributed by atoms with Gasteiger partial charge in [0.05, 0.1) is 6.54 Å². The van der Waals surface area contributed by atoms with Gasteiger partial charge in [0.2, 0.25) is 5.91 Å². The fourth-order valence-electron chi connectivity index (χ4n) is 1.42. The Labute approximate surface area is 122 Å². The number of carbonyl (C=O) groups excluding carboxylic acids is 2. The number of nitrogens with one attached hydrogen (secondary N) is 2. The van der Waals surface area contributed by atoms with Crippen molar-refractivity contribution in [3.05, 3.63) is 29.8 Å². The summed E-state index contributed by atoms with van der Waals surface area (Å²) >= 11 is 0. The van der Waals surface area contributed by atoms with Crippen molar-refractivity contribution in [3.8, 4) is 5.75 Å². The van der Waals surface area contributed by atoms with Gasteiger partial charge in [0.15, 0.2) is 6.10 Å². The van der Waals surface area contributed by atoms with Crippen LogP contribution in [0.15, 0.2) is 24.3 Å². The van der Waals surface area contributed by atoms with Gasteiger partial charge in [0.1, 0.15) is 12.3 Å². The van der Waals surface area contributed by atoms with Crippen LogP contribution in [0.4, 0.5) is 0 Å². The van der Waals surface area contributed by atoms with E-state index in [0.717, 1.165) is 5.56 Å². The average molecular weight is 294 g/mol. The Balaban J connectivity index is 2.35. The minimum atomic E-state index is -1.15. The zero-order valence-electron chi connectivity index (χ0n) is 11.9. The van der Waals surface area contributed by atoms with Crippen LogP contribution in [0, 0.1) is 6.92 Å². The number of carboxylic acids is 1. The molecule has 0 saturated carbocycles. The van der Waals surface area contributed by atoms with Gasteiger partial charge in [-0.1, -0.05) is 17.7 Å². The van der Waals surface area contributed by atoms with Crippen LogP contribution in [0.5, 0.6) is 5.75 Å². The zero-order valence-corrected chi connectivity index (χ0v) is 11.9. The molecule has 0 bridgehead atoms. The van der Waals surface area contributed by atoms with Gasteiger partial charge < -0.3 is 20.5 Å². The molecular weight excluding hydrogens is 276 g/mol. The summed E-state index contributed by atoms with van der Waals surface area (Å²) in [6.45, 7) is 2.72. The summed E-state index contributed by atoms with van der Waals surface area (Å²) in [6, 6.07) is 7.22. The van der Waals surface area contributed by atoms with Gasteiger partial charge >= 0.3 is 5.97 Å². The standard InChI is InChI=1S/C14H18N2O5/c1-9-3-5-11(6-4-9)21-10(2)14(20)16-7-12(17)15-8-13(18)19/h3-6,10H,7-8H2,1-2H3,(H,15,17)(H,16,20)(H,18,19). The largest absolute Gasteiger partial charge is 0.481 e. The molecule has 0 aromatic heterocycles. The lowest BCUT2D eigenvalue weighted by Gasteiger charge is -2.14. The molecule has 0 aliphatic heterocycles. The third kappa shape index (κ3) is 6.42. The molecule has 0 saturated heterocycles. The molecule has 21 heavy (non-hydrogen) atoms. The second kappa shape index (κ2) is 7.88. The van der Waals surface area contributed by atoms with Gasteiger partial charge in [-0.15, -0.1) is 0 Å². The number of carboxylic acid groups (broad SMARTS) is 1. The predicted molar refractivity (Wildman–Crippen MR) is 74.9 cm³/mol. The number of benzene rings is 1. The molecule has 7 heteroatoms. The van der Waals surface area contributed by atoms with Gasteiger partial charge in [0.25, 0.3) is 5.91 Å². The van der Waals surface area contributed by atoms with E-state index in [2.05, 4.69) is 10.6 Å². The highest BCUT2D eigenvalue weighted by Gasteiger charge is 2.15. The number of ether oxygens (including phenoxy) is 1. The maximum absolute atomic E-state index is 11.7. The molecule has 0 aliphatic rings. The van der Waals surface area contributed by atoms with Crippen molar-refractivity contribution in [2.24, 2.45) is 0 Å². The molecular formula is C14H18N2O5. The highest BCUT2D eigenvalue weighted by molar-refractivity contribution is 5.88. The lowest BCUT2D eigenvalue weighted by atomic mass is 10.2. The van der Waals surface area contributed by atoms with Gasteiger partial charge in [-0.05, 0) is 26.0 Å². The molecule has 0 spiro atoms. The summed E-state index contributed by atoms with van der Waals surface area (Å²) in [5, 5.41) is 12.9. The fourth-order valence-corrected chi connectivity index (χ4v) is 1.42. The molecule has 0 heterocycles. The van der Waals surface area contributed by atoms with E-state index in [1.165, 1.54) is 0 Å². The normalized spacial score (nSPS) is 11.3. The Hall–Kier alpha value is -2.57. The number of carbonyl (C=O) groups is 3.